The van der Waals surface area contributed by atoms with E-state index in [1.54, 1.807) is 18.5 Å². The predicted octanol–water partition coefficient (Wildman–Crippen LogP) is -2.57. The van der Waals surface area contributed by atoms with Gasteiger partial charge in [-0.2, -0.15) is 0 Å². The summed E-state index contributed by atoms with van der Waals surface area (Å²) < 4.78 is 0. The van der Waals surface area contributed by atoms with Crippen molar-refractivity contribution < 1.29 is 44.3 Å². The second-order valence-corrected chi connectivity index (χ2v) is 6.43. The first-order valence-electron chi connectivity index (χ1n) is 6.22. The van der Waals surface area contributed by atoms with Crippen LogP contribution in [-0.4, -0.2) is 37.1 Å². The van der Waals surface area contributed by atoms with Crippen LogP contribution in [0.1, 0.15) is 5.69 Å². The summed E-state index contributed by atoms with van der Waals surface area (Å²) in [6.45, 7) is 0. The molecule has 0 aliphatic carbocycles. The molecule has 2 aromatic rings. The number of nitrogens with zero attached hydrogens (tertiary/aromatic N) is 3. The van der Waals surface area contributed by atoms with Crippen molar-refractivity contribution in [3.05, 3.63) is 40.1 Å². The molecular formula is C13H7N4NaO3S2. The number of hydrogen-bond donors (Lipinski definition) is 1. The molecule has 4 heterocycles. The van der Waals surface area contributed by atoms with Gasteiger partial charge in [0, 0.05) is 11.6 Å². The molecule has 0 radical (unpaired) electrons. The molecule has 0 saturated carbocycles. The summed E-state index contributed by atoms with van der Waals surface area (Å²) in [6, 6.07) is 0. The number of carboxylic acid groups (broad SMARTS) is 1. The van der Waals surface area contributed by atoms with E-state index in [1.165, 1.54) is 33.4 Å². The summed E-state index contributed by atoms with van der Waals surface area (Å²) in [6.07, 6.45) is 5.00. The van der Waals surface area contributed by atoms with E-state index in [9.17, 15) is 14.7 Å². The number of imidazole rings is 1. The maximum atomic E-state index is 12.1. The molecule has 2 aromatic heterocycles. The minimum absolute atomic E-state index is 0. The van der Waals surface area contributed by atoms with E-state index in [4.69, 9.17) is 0 Å². The Labute approximate surface area is 160 Å². The van der Waals surface area contributed by atoms with Crippen LogP contribution in [0, 0.1) is 0 Å². The summed E-state index contributed by atoms with van der Waals surface area (Å²) in [5, 5.41) is 14.7. The van der Waals surface area contributed by atoms with Crippen LogP contribution < -0.4 is 34.7 Å². The van der Waals surface area contributed by atoms with Gasteiger partial charge in [0.1, 0.15) is 5.37 Å². The van der Waals surface area contributed by atoms with Crippen molar-refractivity contribution in [2.24, 2.45) is 0 Å². The second-order valence-electron chi connectivity index (χ2n) is 4.58. The number of β-lactam (4-membered cyclic amide) rings is 1. The second kappa shape index (κ2) is 6.25. The molecule has 1 fully saturated rings. The number of carbonyl (C=O) groups excluding carboxylic acids is 2. The van der Waals surface area contributed by atoms with Crippen LogP contribution in [0.25, 0.3) is 16.9 Å². The topological polar surface area (TPSA) is 102 Å². The van der Waals surface area contributed by atoms with Crippen LogP contribution in [0.4, 0.5) is 0 Å². The molecule has 2 aliphatic heterocycles. The van der Waals surface area contributed by atoms with E-state index in [0.29, 0.717) is 17.1 Å². The number of thiazole rings is 1. The fraction of sp³-hybridized carbons (Fsp3) is 0.0769. The summed E-state index contributed by atoms with van der Waals surface area (Å²) in [4.78, 5) is 35.7. The third-order valence-corrected chi connectivity index (χ3v) is 5.15. The number of rotatable bonds is 3. The number of aliphatic carboxylic acids is 1. The molecule has 1 amide bonds. The fourth-order valence-electron chi connectivity index (χ4n) is 2.28. The van der Waals surface area contributed by atoms with Gasteiger partial charge < -0.3 is 14.9 Å². The van der Waals surface area contributed by atoms with Gasteiger partial charge in [-0.25, -0.2) is 9.97 Å². The van der Waals surface area contributed by atoms with Crippen LogP contribution in [-0.2, 0) is 9.59 Å². The van der Waals surface area contributed by atoms with Gasteiger partial charge in [0.15, 0.2) is 10.8 Å². The molecular weight excluding hydrogens is 347 g/mol. The average molecular weight is 354 g/mol. The molecule has 23 heavy (non-hydrogen) atoms. The number of aromatic nitrogens is 3. The number of aromatic amines is 1. The molecule has 0 bridgehead atoms. The number of carbonyl (C=O) groups is 2. The first kappa shape index (κ1) is 16.5. The summed E-state index contributed by atoms with van der Waals surface area (Å²) in [5.41, 5.74) is 1.13. The van der Waals surface area contributed by atoms with Crippen LogP contribution in [0.5, 0.6) is 0 Å². The van der Waals surface area contributed by atoms with Crippen molar-refractivity contribution in [2.45, 2.75) is 5.37 Å². The van der Waals surface area contributed by atoms with E-state index in [1.807, 2.05) is 5.38 Å². The Morgan fingerprint density at radius 2 is 2.26 bits per heavy atom. The normalized spacial score (nSPS) is 20.8. The largest absolute Gasteiger partial charge is 1.00 e. The van der Waals surface area contributed by atoms with Gasteiger partial charge in [0.2, 0.25) is 0 Å². The number of thioether (sulfide) groups is 1. The molecule has 10 heteroatoms. The van der Waals surface area contributed by atoms with E-state index in [2.05, 4.69) is 15.0 Å². The molecule has 4 rings (SSSR count). The third kappa shape index (κ3) is 2.68. The van der Waals surface area contributed by atoms with E-state index < -0.39 is 5.97 Å². The van der Waals surface area contributed by atoms with Gasteiger partial charge in [-0.05, 0) is 11.5 Å². The standard InChI is InChI=1S/C13H8N4O3S2.Na/c18-11-7(12-17(11)8(5-22-12)13(19)20)3-6-4-15-9(16-6)10-14-1-2-21-10;/h1-5,12H,(H,15,16)(H,19,20);/q;+1/p-1/b7-3-;/t12-;/m1./s1. The Balaban J connectivity index is 0.00000156. The maximum absolute atomic E-state index is 12.1. The Morgan fingerprint density at radius 3 is 2.96 bits per heavy atom. The summed E-state index contributed by atoms with van der Waals surface area (Å²) in [5.74, 6) is -1.02. The van der Waals surface area contributed by atoms with Crippen LogP contribution in [0.15, 0.2) is 34.5 Å². The third-order valence-electron chi connectivity index (χ3n) is 3.28. The summed E-state index contributed by atoms with van der Waals surface area (Å²) >= 11 is 2.74. The molecule has 1 N–H and O–H groups in total. The zero-order valence-corrected chi connectivity index (χ0v) is 15.5. The fourth-order valence-corrected chi connectivity index (χ4v) is 3.99. The van der Waals surface area contributed by atoms with Crippen molar-refractivity contribution in [1.82, 2.24) is 19.9 Å². The zero-order chi connectivity index (χ0) is 15.3. The molecule has 0 spiro atoms. The van der Waals surface area contributed by atoms with Crippen molar-refractivity contribution in [3.63, 3.8) is 0 Å². The molecule has 0 unspecified atom stereocenters. The van der Waals surface area contributed by atoms with Gasteiger partial charge in [0.25, 0.3) is 5.91 Å². The molecule has 1 saturated heterocycles. The maximum Gasteiger partial charge on any atom is 1.00 e. The van der Waals surface area contributed by atoms with Gasteiger partial charge in [0.05, 0.1) is 29.1 Å². The van der Waals surface area contributed by atoms with Crippen LogP contribution in [0.3, 0.4) is 0 Å². The number of carboxylic acids is 1. The van der Waals surface area contributed by atoms with E-state index in [-0.39, 0.29) is 46.5 Å². The van der Waals surface area contributed by atoms with Crippen LogP contribution in [0.2, 0.25) is 0 Å². The van der Waals surface area contributed by atoms with Gasteiger partial charge in [-0.15, -0.1) is 23.1 Å². The SMILES string of the molecule is O=C([O-])C1=CS[C@@H]2/C(=C\c3cnc(-c4nccs4)[nH]3)C(=O)N12.[Na+]. The van der Waals surface area contributed by atoms with E-state index in [0.717, 1.165) is 5.01 Å². The Hall–Kier alpha value is -1.39. The van der Waals surface area contributed by atoms with E-state index >= 15 is 0 Å². The minimum Gasteiger partial charge on any atom is -0.543 e. The quantitative estimate of drug-likeness (QED) is 0.369. The first-order chi connectivity index (χ1) is 10.6. The zero-order valence-electron chi connectivity index (χ0n) is 11.8. The number of H-pyrrole nitrogens is 1. The van der Waals surface area contributed by atoms with Gasteiger partial charge in [-0.1, -0.05) is 0 Å². The smallest absolute Gasteiger partial charge is 0.543 e. The predicted molar refractivity (Wildman–Crippen MR) is 79.0 cm³/mol. The number of amides is 1. The molecule has 1 atom stereocenters. The van der Waals surface area contributed by atoms with Crippen molar-refractivity contribution >= 4 is 41.1 Å². The average Bonchev–Trinajstić information content (AvgIpc) is 3.22. The number of fused-ring (bicyclic) bond motifs is 1. The number of nitrogens with one attached hydrogen (secondary N) is 1. The van der Waals surface area contributed by atoms with Gasteiger partial charge >= 0.3 is 29.6 Å². The molecule has 2 aliphatic rings. The summed E-state index contributed by atoms with van der Waals surface area (Å²) in [7, 11) is 0. The minimum atomic E-state index is -1.34. The molecule has 0 aromatic carbocycles. The van der Waals surface area contributed by atoms with Crippen LogP contribution >= 0.6 is 23.1 Å². The van der Waals surface area contributed by atoms with Crippen molar-refractivity contribution in [2.75, 3.05) is 0 Å². The first-order valence-corrected chi connectivity index (χ1v) is 8.04. The van der Waals surface area contributed by atoms with Crippen molar-refractivity contribution in [3.8, 4) is 10.8 Å². The monoisotopic (exact) mass is 354 g/mol. The Morgan fingerprint density at radius 1 is 1.43 bits per heavy atom. The molecule has 7 nitrogen and oxygen atoms in total. The Kier molecular flexibility index (Phi) is 4.47. The number of hydrogen-bond acceptors (Lipinski definition) is 7. The molecule has 110 valence electrons. The van der Waals surface area contributed by atoms with Gasteiger partial charge in [-0.3, -0.25) is 9.69 Å². The Bertz CT molecular complexity index is 843. The van der Waals surface area contributed by atoms with Crippen molar-refractivity contribution in [1.29, 1.82) is 0 Å².